The summed E-state index contributed by atoms with van der Waals surface area (Å²) in [6, 6.07) is 4.20. The first-order valence-electron chi connectivity index (χ1n) is 6.05. The predicted octanol–water partition coefficient (Wildman–Crippen LogP) is 2.85. The Hall–Kier alpha value is -1.51. The Morgan fingerprint density at radius 3 is 2.57 bits per heavy atom. The SMILES string of the molecule is CNCc1sc(S(=O)(=O)Nc2ccc(F)cc2F)cc1C. The molecule has 0 aliphatic carbocycles. The summed E-state index contributed by atoms with van der Waals surface area (Å²) in [6.45, 7) is 2.36. The first-order valence-corrected chi connectivity index (χ1v) is 8.35. The Bertz CT molecular complexity index is 758. The molecular weight excluding hydrogens is 318 g/mol. The van der Waals surface area contributed by atoms with E-state index >= 15 is 0 Å². The molecule has 0 bridgehead atoms. The van der Waals surface area contributed by atoms with E-state index in [9.17, 15) is 17.2 Å². The zero-order valence-corrected chi connectivity index (χ0v) is 13.0. The van der Waals surface area contributed by atoms with Gasteiger partial charge in [0.05, 0.1) is 5.69 Å². The molecule has 0 saturated carbocycles. The maximum Gasteiger partial charge on any atom is 0.271 e. The van der Waals surface area contributed by atoms with Crippen LogP contribution in [0.3, 0.4) is 0 Å². The molecule has 2 aromatic rings. The third-order valence-electron chi connectivity index (χ3n) is 2.78. The molecule has 0 spiro atoms. The molecule has 0 saturated heterocycles. The van der Waals surface area contributed by atoms with Crippen molar-refractivity contribution in [1.82, 2.24) is 5.32 Å². The lowest BCUT2D eigenvalue weighted by molar-refractivity contribution is 0.583. The maximum atomic E-state index is 13.5. The Balaban J connectivity index is 2.32. The number of aryl methyl sites for hydroxylation is 1. The average molecular weight is 332 g/mol. The molecule has 1 heterocycles. The highest BCUT2D eigenvalue weighted by Crippen LogP contribution is 2.28. The summed E-state index contributed by atoms with van der Waals surface area (Å²) in [6.07, 6.45) is 0. The van der Waals surface area contributed by atoms with Gasteiger partial charge in [-0.15, -0.1) is 11.3 Å². The van der Waals surface area contributed by atoms with Crippen molar-refractivity contribution in [2.24, 2.45) is 0 Å². The number of thiophene rings is 1. The molecule has 0 unspecified atom stereocenters. The van der Waals surface area contributed by atoms with E-state index in [2.05, 4.69) is 10.0 Å². The highest BCUT2D eigenvalue weighted by Gasteiger charge is 2.20. The fourth-order valence-corrected chi connectivity index (χ4v) is 4.39. The van der Waals surface area contributed by atoms with E-state index in [4.69, 9.17) is 0 Å². The lowest BCUT2D eigenvalue weighted by atomic mass is 10.3. The molecule has 21 heavy (non-hydrogen) atoms. The van der Waals surface area contributed by atoms with Crippen LogP contribution in [0.25, 0.3) is 0 Å². The van der Waals surface area contributed by atoms with E-state index in [-0.39, 0.29) is 9.90 Å². The van der Waals surface area contributed by atoms with Gasteiger partial charge in [0.2, 0.25) is 0 Å². The standard InChI is InChI=1S/C13H14F2N2O2S2/c1-8-5-13(20-12(8)7-16-2)21(18,19)17-11-4-3-9(14)6-10(11)15/h3-6,16-17H,7H2,1-2H3. The molecule has 1 aromatic carbocycles. The monoisotopic (exact) mass is 332 g/mol. The fraction of sp³-hybridized carbons (Fsp3) is 0.231. The van der Waals surface area contributed by atoms with Crippen LogP contribution in [0.5, 0.6) is 0 Å². The molecule has 8 heteroatoms. The first-order chi connectivity index (χ1) is 9.83. The van der Waals surface area contributed by atoms with E-state index < -0.39 is 21.7 Å². The largest absolute Gasteiger partial charge is 0.315 e. The highest BCUT2D eigenvalue weighted by atomic mass is 32.2. The molecular formula is C13H14F2N2O2S2. The Morgan fingerprint density at radius 1 is 1.24 bits per heavy atom. The van der Waals surface area contributed by atoms with Gasteiger partial charge in [-0.25, -0.2) is 17.2 Å². The molecule has 4 nitrogen and oxygen atoms in total. The van der Waals surface area contributed by atoms with Gasteiger partial charge in [0.15, 0.2) is 0 Å². The van der Waals surface area contributed by atoms with Crippen LogP contribution in [-0.4, -0.2) is 15.5 Å². The van der Waals surface area contributed by atoms with Crippen LogP contribution < -0.4 is 10.0 Å². The summed E-state index contributed by atoms with van der Waals surface area (Å²) >= 11 is 1.11. The molecule has 0 atom stereocenters. The summed E-state index contributed by atoms with van der Waals surface area (Å²) < 4.78 is 53.0. The molecule has 0 fully saturated rings. The molecule has 0 amide bonds. The number of halogens is 2. The van der Waals surface area contributed by atoms with Crippen LogP contribution in [0.4, 0.5) is 14.5 Å². The number of nitrogens with one attached hydrogen (secondary N) is 2. The number of anilines is 1. The second-order valence-electron chi connectivity index (χ2n) is 4.43. The van der Waals surface area contributed by atoms with Gasteiger partial charge in [0, 0.05) is 17.5 Å². The second-order valence-corrected chi connectivity index (χ2v) is 7.48. The van der Waals surface area contributed by atoms with Crippen LogP contribution in [0.1, 0.15) is 10.4 Å². The lowest BCUT2D eigenvalue weighted by Gasteiger charge is -2.07. The minimum absolute atomic E-state index is 0.0916. The minimum atomic E-state index is -3.89. The summed E-state index contributed by atoms with van der Waals surface area (Å²) in [5.74, 6) is -1.72. The van der Waals surface area contributed by atoms with Crippen LogP contribution >= 0.6 is 11.3 Å². The van der Waals surface area contributed by atoms with E-state index in [1.807, 2.05) is 0 Å². The lowest BCUT2D eigenvalue weighted by Crippen LogP contribution is -2.12. The summed E-state index contributed by atoms with van der Waals surface area (Å²) in [7, 11) is -2.13. The number of hydrogen-bond donors (Lipinski definition) is 2. The zero-order valence-electron chi connectivity index (χ0n) is 11.4. The molecule has 0 aliphatic rings. The Labute approximate surface area is 125 Å². The van der Waals surface area contributed by atoms with Crippen molar-refractivity contribution in [2.45, 2.75) is 17.7 Å². The molecule has 0 radical (unpaired) electrons. The molecule has 2 N–H and O–H groups in total. The van der Waals surface area contributed by atoms with E-state index in [1.54, 1.807) is 14.0 Å². The van der Waals surface area contributed by atoms with Gasteiger partial charge in [-0.1, -0.05) is 0 Å². The minimum Gasteiger partial charge on any atom is -0.315 e. The van der Waals surface area contributed by atoms with E-state index in [1.165, 1.54) is 6.07 Å². The second kappa shape index (κ2) is 6.08. The van der Waals surface area contributed by atoms with Crippen molar-refractivity contribution in [3.63, 3.8) is 0 Å². The van der Waals surface area contributed by atoms with Gasteiger partial charge in [-0.05, 0) is 37.7 Å². The van der Waals surface area contributed by atoms with Crippen LogP contribution in [0, 0.1) is 18.6 Å². The number of rotatable bonds is 5. The average Bonchev–Trinajstić information content (AvgIpc) is 2.76. The van der Waals surface area contributed by atoms with Gasteiger partial charge in [-0.3, -0.25) is 4.72 Å². The number of hydrogen-bond acceptors (Lipinski definition) is 4. The Morgan fingerprint density at radius 2 is 1.95 bits per heavy atom. The van der Waals surface area contributed by atoms with E-state index in [0.29, 0.717) is 12.6 Å². The zero-order chi connectivity index (χ0) is 15.6. The van der Waals surface area contributed by atoms with Crippen molar-refractivity contribution in [3.8, 4) is 0 Å². The fourth-order valence-electron chi connectivity index (χ4n) is 1.72. The van der Waals surface area contributed by atoms with Crippen LogP contribution in [0.15, 0.2) is 28.5 Å². The third kappa shape index (κ3) is 3.58. The van der Waals surface area contributed by atoms with Crippen molar-refractivity contribution in [2.75, 3.05) is 11.8 Å². The predicted molar refractivity (Wildman–Crippen MR) is 79.0 cm³/mol. The van der Waals surface area contributed by atoms with Crippen LogP contribution in [0.2, 0.25) is 0 Å². The highest BCUT2D eigenvalue weighted by molar-refractivity contribution is 7.94. The van der Waals surface area contributed by atoms with Gasteiger partial charge in [-0.2, -0.15) is 0 Å². The number of sulfonamides is 1. The van der Waals surface area contributed by atoms with Crippen molar-refractivity contribution in [3.05, 3.63) is 46.3 Å². The normalized spacial score (nSPS) is 11.6. The summed E-state index contributed by atoms with van der Waals surface area (Å²) in [4.78, 5) is 0.887. The molecule has 2 rings (SSSR count). The van der Waals surface area contributed by atoms with E-state index in [0.717, 1.165) is 33.9 Å². The van der Waals surface area contributed by atoms with Gasteiger partial charge < -0.3 is 5.32 Å². The van der Waals surface area contributed by atoms with Crippen LogP contribution in [-0.2, 0) is 16.6 Å². The van der Waals surface area contributed by atoms with Crippen molar-refractivity contribution < 1.29 is 17.2 Å². The maximum absolute atomic E-state index is 13.5. The smallest absolute Gasteiger partial charge is 0.271 e. The number of benzene rings is 1. The third-order valence-corrected chi connectivity index (χ3v) is 5.85. The van der Waals surface area contributed by atoms with Gasteiger partial charge in [0.25, 0.3) is 10.0 Å². The topological polar surface area (TPSA) is 58.2 Å². The van der Waals surface area contributed by atoms with Crippen molar-refractivity contribution in [1.29, 1.82) is 0 Å². The van der Waals surface area contributed by atoms with Gasteiger partial charge in [0.1, 0.15) is 15.8 Å². The molecule has 114 valence electrons. The molecule has 0 aliphatic heterocycles. The first kappa shape index (κ1) is 15.9. The summed E-state index contributed by atoms with van der Waals surface area (Å²) in [5, 5.41) is 2.95. The molecule has 1 aromatic heterocycles. The van der Waals surface area contributed by atoms with Crippen molar-refractivity contribution >= 4 is 27.0 Å². The quantitative estimate of drug-likeness (QED) is 0.885. The Kier molecular flexibility index (Phi) is 4.60. The van der Waals surface area contributed by atoms with Gasteiger partial charge >= 0.3 is 0 Å². The summed E-state index contributed by atoms with van der Waals surface area (Å²) in [5.41, 5.74) is 0.562.